The van der Waals surface area contributed by atoms with E-state index in [-0.39, 0.29) is 30.3 Å². The molecule has 0 amide bonds. The summed E-state index contributed by atoms with van der Waals surface area (Å²) in [5, 5.41) is 123. The SMILES string of the molecule is C/C=C(/C)C(=O)O[C@@H]1[C@@H](O)[C@H](O[C@H]2[C@H](OC(C)=O)[C@@]3(CO)C(CC2(C)C)C2=CCC4[C@@]5(C)CC[C@H](O[C@@H]6O[C@H](C(=O)O)[C@@H](O)[C@H](O)[C@H]6O[C@@H]6O[C@H](CO)[C@@H](O)[C@H](O)[C@H]6O)[C@](C)(CO)C5CC[C@@]4(C)[C@]2(C)C[C@H]3O)O[C@H](C)[C@@H]1OC(C)=O. The van der Waals surface area contributed by atoms with E-state index in [2.05, 4.69) is 26.8 Å². The fraction of sp³-hybridized carbons (Fsp3) is 0.860. The van der Waals surface area contributed by atoms with E-state index in [1.54, 1.807) is 13.8 Å². The topological polar surface area (TPSA) is 374 Å². The van der Waals surface area contributed by atoms with E-state index in [0.29, 0.717) is 32.1 Å². The average Bonchev–Trinajstić information content (AvgIpc) is 0.917. The molecule has 0 spiro atoms. The molecule has 5 aliphatic carbocycles. The van der Waals surface area contributed by atoms with E-state index in [1.165, 1.54) is 26.8 Å². The van der Waals surface area contributed by atoms with Gasteiger partial charge in [-0.1, -0.05) is 59.3 Å². The number of aliphatic hydroxyl groups excluding tert-OH is 10. The lowest BCUT2D eigenvalue weighted by molar-refractivity contribution is -0.375. The second kappa shape index (κ2) is 23.2. The Kier molecular flexibility index (Phi) is 18.2. The molecule has 7 fully saturated rings. The van der Waals surface area contributed by atoms with Crippen LogP contribution in [0.3, 0.4) is 0 Å². The summed E-state index contributed by atoms with van der Waals surface area (Å²) in [6.07, 6.45) is -23.5. The van der Waals surface area contributed by atoms with Crippen LogP contribution >= 0.6 is 0 Å². The first-order chi connectivity index (χ1) is 37.8. The van der Waals surface area contributed by atoms with Crippen LogP contribution in [0.25, 0.3) is 0 Å². The number of aliphatic hydroxyl groups is 10. The number of esters is 3. The lowest BCUT2D eigenvalue weighted by Gasteiger charge is -2.73. The van der Waals surface area contributed by atoms with Crippen LogP contribution in [0.15, 0.2) is 23.3 Å². The van der Waals surface area contributed by atoms with E-state index in [1.807, 2.05) is 20.8 Å². The molecule has 24 nitrogen and oxygen atoms in total. The largest absolute Gasteiger partial charge is 0.479 e. The highest BCUT2D eigenvalue weighted by Crippen LogP contribution is 2.76. The predicted molar refractivity (Wildman–Crippen MR) is 277 cm³/mol. The van der Waals surface area contributed by atoms with Gasteiger partial charge >= 0.3 is 23.9 Å². The molecule has 81 heavy (non-hydrogen) atoms. The molecule has 4 saturated carbocycles. The zero-order chi connectivity index (χ0) is 60.0. The van der Waals surface area contributed by atoms with Crippen molar-refractivity contribution >= 4 is 23.9 Å². The van der Waals surface area contributed by atoms with E-state index in [9.17, 15) is 75.3 Å². The lowest BCUT2D eigenvalue weighted by atomic mass is 9.33. The number of aliphatic carboxylic acids is 1. The third kappa shape index (κ3) is 10.4. The van der Waals surface area contributed by atoms with Gasteiger partial charge in [-0.3, -0.25) is 9.59 Å². The monoisotopic (exact) mass is 1160 g/mol. The van der Waals surface area contributed by atoms with Crippen LogP contribution in [0.4, 0.5) is 0 Å². The van der Waals surface area contributed by atoms with Crippen molar-refractivity contribution in [1.82, 2.24) is 0 Å². The number of hydrogen-bond acceptors (Lipinski definition) is 23. The van der Waals surface area contributed by atoms with Crippen molar-refractivity contribution in [2.75, 3.05) is 19.8 Å². The quantitative estimate of drug-likeness (QED) is 0.0366. The van der Waals surface area contributed by atoms with Crippen molar-refractivity contribution < 1.29 is 118 Å². The molecule has 11 N–H and O–H groups in total. The molecule has 0 radical (unpaired) electrons. The maximum absolute atomic E-state index is 13.3. The predicted octanol–water partition coefficient (Wildman–Crippen LogP) is 0.277. The van der Waals surface area contributed by atoms with E-state index in [0.717, 1.165) is 5.57 Å². The fourth-order valence-corrected chi connectivity index (χ4v) is 16.5. The third-order valence-electron chi connectivity index (χ3n) is 21.3. The number of hydrogen-bond donors (Lipinski definition) is 11. The maximum Gasteiger partial charge on any atom is 0.335 e. The molecule has 0 aromatic carbocycles. The first-order valence-electron chi connectivity index (χ1n) is 28.4. The first-order valence-corrected chi connectivity index (χ1v) is 28.4. The van der Waals surface area contributed by atoms with Gasteiger partial charge in [0.25, 0.3) is 0 Å². The molecule has 24 heteroatoms. The molecule has 8 aliphatic rings. The molecular formula is C57H88O24. The Morgan fingerprint density at radius 1 is 0.667 bits per heavy atom. The Bertz CT molecular complexity index is 2400. The minimum absolute atomic E-state index is 0.0851. The smallest absolute Gasteiger partial charge is 0.335 e. The summed E-state index contributed by atoms with van der Waals surface area (Å²) in [5.74, 6) is -4.77. The van der Waals surface area contributed by atoms with Crippen molar-refractivity contribution in [3.05, 3.63) is 23.3 Å². The lowest BCUT2D eigenvalue weighted by Crippen LogP contribution is -2.73. The Labute approximate surface area is 471 Å². The summed E-state index contributed by atoms with van der Waals surface area (Å²) in [6.45, 7) is 17.5. The minimum atomic E-state index is -2.07. The van der Waals surface area contributed by atoms with Gasteiger partial charge in [0.15, 0.2) is 37.2 Å². The number of allylic oxidation sites excluding steroid dienone is 3. The molecule has 3 unspecified atom stereocenters. The minimum Gasteiger partial charge on any atom is -0.479 e. The van der Waals surface area contributed by atoms with Crippen molar-refractivity contribution in [3.8, 4) is 0 Å². The van der Waals surface area contributed by atoms with Crippen LogP contribution in [-0.4, -0.2) is 216 Å². The van der Waals surface area contributed by atoms with E-state index in [4.69, 9.17) is 42.6 Å². The number of ether oxygens (including phenoxy) is 9. The third-order valence-corrected chi connectivity index (χ3v) is 21.3. The maximum atomic E-state index is 13.3. The number of rotatable bonds is 14. The van der Waals surface area contributed by atoms with Crippen molar-refractivity contribution in [1.29, 1.82) is 0 Å². The van der Waals surface area contributed by atoms with Gasteiger partial charge in [-0.05, 0) is 105 Å². The number of carboxylic acid groups (broad SMARTS) is 1. The van der Waals surface area contributed by atoms with E-state index < -0.39 is 199 Å². The van der Waals surface area contributed by atoms with Crippen molar-refractivity contribution in [2.24, 2.45) is 50.2 Å². The van der Waals surface area contributed by atoms with Gasteiger partial charge in [0, 0.05) is 24.8 Å². The second-order valence-electron chi connectivity index (χ2n) is 26.1. The fourth-order valence-electron chi connectivity index (χ4n) is 16.5. The van der Waals surface area contributed by atoms with Crippen LogP contribution in [0, 0.1) is 50.2 Å². The summed E-state index contributed by atoms with van der Waals surface area (Å²) in [4.78, 5) is 51.2. The highest BCUT2D eigenvalue weighted by atomic mass is 16.8. The number of carboxylic acids is 1. The zero-order valence-electron chi connectivity index (χ0n) is 48.2. The van der Waals surface area contributed by atoms with E-state index >= 15 is 0 Å². The Morgan fingerprint density at radius 2 is 1.32 bits per heavy atom. The van der Waals surface area contributed by atoms with Gasteiger partial charge in [-0.25, -0.2) is 9.59 Å². The molecular weight excluding hydrogens is 1070 g/mol. The molecule has 0 aromatic rings. The van der Waals surface area contributed by atoms with Gasteiger partial charge in [0.05, 0.1) is 43.5 Å². The first kappa shape index (κ1) is 63.7. The normalized spacial score (nSPS) is 49.6. The van der Waals surface area contributed by atoms with Crippen LogP contribution in [-0.2, 0) is 61.8 Å². The molecule has 8 rings (SSSR count). The molecule has 0 bridgehead atoms. The molecule has 27 atom stereocenters. The van der Waals surface area contributed by atoms with Gasteiger partial charge < -0.3 is 98.8 Å². The van der Waals surface area contributed by atoms with Crippen molar-refractivity contribution in [3.63, 3.8) is 0 Å². The van der Waals surface area contributed by atoms with Crippen LogP contribution < -0.4 is 0 Å². The van der Waals surface area contributed by atoms with Gasteiger partial charge in [-0.2, -0.15) is 0 Å². The summed E-state index contributed by atoms with van der Waals surface area (Å²) in [7, 11) is 0. The Hall–Kier alpha value is -3.28. The highest BCUT2D eigenvalue weighted by molar-refractivity contribution is 5.87. The summed E-state index contributed by atoms with van der Waals surface area (Å²) < 4.78 is 54.5. The Balaban J connectivity index is 1.09. The molecule has 3 aliphatic heterocycles. The second-order valence-corrected chi connectivity index (χ2v) is 26.1. The molecule has 3 saturated heterocycles. The summed E-state index contributed by atoms with van der Waals surface area (Å²) >= 11 is 0. The summed E-state index contributed by atoms with van der Waals surface area (Å²) in [6, 6.07) is 0. The van der Waals surface area contributed by atoms with Crippen LogP contribution in [0.1, 0.15) is 121 Å². The van der Waals surface area contributed by atoms with Crippen LogP contribution in [0.5, 0.6) is 0 Å². The van der Waals surface area contributed by atoms with Crippen molar-refractivity contribution in [2.45, 2.75) is 238 Å². The number of carbonyl (C=O) groups is 4. The molecule has 3 heterocycles. The van der Waals surface area contributed by atoms with Gasteiger partial charge in [0.1, 0.15) is 61.0 Å². The Morgan fingerprint density at radius 3 is 1.91 bits per heavy atom. The van der Waals surface area contributed by atoms with Crippen LogP contribution in [0.2, 0.25) is 0 Å². The number of fused-ring (bicyclic) bond motifs is 7. The zero-order valence-corrected chi connectivity index (χ0v) is 48.2. The highest BCUT2D eigenvalue weighted by Gasteiger charge is 2.74. The molecule has 0 aromatic heterocycles. The molecule has 460 valence electrons. The van der Waals surface area contributed by atoms with Gasteiger partial charge in [0.2, 0.25) is 0 Å². The standard InChI is InChI=1S/C57H88O24/c1-12-24(2)48(72)78-42-40(69)50(73-25(3)41(42)74-26(4)61)81-45-46(75-27(5)62)57(23-60)29(19-52(45,6)7)28-13-14-32-53(8)17-16-34(54(9,22-59)31(53)15-18-55(32,10)56(28,11)20-33(57)63)77-51-44(38(67)37(66)43(79-51)47(70)71)80-49-39(68)36(65)35(64)30(21-58)76-49/h12-13,25,29-46,49-51,58-60,63-69H,14-23H2,1-11H3,(H,70,71)/b24-12-/t25-,29?,30-,31?,32?,33-,34+,35-,36+,37+,38+,39-,40-,41+,42-,43+,44-,45+,46+,49+,50+,51-,53+,54-,55-,56-,57+/m1/s1. The van der Waals surface area contributed by atoms with Gasteiger partial charge in [-0.15, -0.1) is 0 Å². The number of carbonyl (C=O) groups excluding carboxylic acids is 3. The average molecular weight is 1160 g/mol. The summed E-state index contributed by atoms with van der Waals surface area (Å²) in [5.41, 5.74) is -4.16.